The van der Waals surface area contributed by atoms with Gasteiger partial charge in [-0.25, -0.2) is 0 Å². The van der Waals surface area contributed by atoms with Gasteiger partial charge in [0.05, 0.1) is 17.7 Å². The summed E-state index contributed by atoms with van der Waals surface area (Å²) < 4.78 is 12.2. The van der Waals surface area contributed by atoms with E-state index >= 15 is 0 Å². The van der Waals surface area contributed by atoms with Crippen molar-refractivity contribution in [1.29, 1.82) is 5.26 Å². The molecule has 2 aromatic carbocycles. The third-order valence-electron chi connectivity index (χ3n) is 6.31. The van der Waals surface area contributed by atoms with Gasteiger partial charge in [0, 0.05) is 46.8 Å². The highest BCUT2D eigenvalue weighted by Gasteiger charge is 2.42. The van der Waals surface area contributed by atoms with Crippen LogP contribution in [0.25, 0.3) is 0 Å². The molecule has 0 amide bonds. The minimum atomic E-state index is -0.494. The number of allylic oxidation sites excluding steroid dienone is 2. The summed E-state index contributed by atoms with van der Waals surface area (Å²) in [6.07, 6.45) is 3.76. The topological polar surface area (TPSA) is 84.2 Å². The highest BCUT2D eigenvalue weighted by Crippen LogP contribution is 2.48. The maximum Gasteiger partial charge on any atom is 0.191 e. The number of hydrogen-bond acceptors (Lipinski definition) is 6. The number of aromatic nitrogens is 1. The van der Waals surface area contributed by atoms with E-state index in [1.807, 2.05) is 38.1 Å². The molecule has 3 aromatic rings. The Balaban J connectivity index is 1.63. The van der Waals surface area contributed by atoms with Gasteiger partial charge < -0.3 is 14.8 Å². The van der Waals surface area contributed by atoms with Crippen molar-refractivity contribution in [3.63, 3.8) is 0 Å². The molecule has 0 atom stereocenters. The van der Waals surface area contributed by atoms with Crippen LogP contribution in [0.3, 0.4) is 0 Å². The number of benzene rings is 2. The number of fused-ring (bicyclic) bond motifs is 2. The lowest BCUT2D eigenvalue weighted by Gasteiger charge is -2.40. The van der Waals surface area contributed by atoms with Gasteiger partial charge in [-0.3, -0.25) is 9.78 Å². The van der Waals surface area contributed by atoms with Gasteiger partial charge in [-0.05, 0) is 61.4 Å². The summed E-state index contributed by atoms with van der Waals surface area (Å²) in [5, 5.41) is 12.8. The smallest absolute Gasteiger partial charge is 0.191 e. The van der Waals surface area contributed by atoms with Gasteiger partial charge in [-0.2, -0.15) is 5.26 Å². The van der Waals surface area contributed by atoms with E-state index in [1.165, 1.54) is 0 Å². The number of pyridine rings is 1. The van der Waals surface area contributed by atoms with E-state index in [1.54, 1.807) is 30.6 Å². The molecule has 5 rings (SSSR count). The SMILES string of the molecule is CC(C)Oc1cc2c(cc1Oc1ccncc1)C(C)(C)C1=C(Cc3ccc(C#N)cc3N1)C2=O. The van der Waals surface area contributed by atoms with E-state index in [4.69, 9.17) is 9.47 Å². The van der Waals surface area contributed by atoms with Crippen molar-refractivity contribution in [2.75, 3.05) is 5.32 Å². The van der Waals surface area contributed by atoms with Gasteiger partial charge in [-0.1, -0.05) is 19.9 Å². The van der Waals surface area contributed by atoms with E-state index in [-0.39, 0.29) is 11.9 Å². The molecule has 2 heterocycles. The number of ether oxygens (including phenoxy) is 2. The van der Waals surface area contributed by atoms with Crippen LogP contribution >= 0.6 is 0 Å². The molecule has 0 saturated carbocycles. The second kappa shape index (κ2) is 8.03. The summed E-state index contributed by atoms with van der Waals surface area (Å²) in [5.41, 5.74) is 5.05. The van der Waals surface area contributed by atoms with Gasteiger partial charge in [0.15, 0.2) is 17.3 Å². The van der Waals surface area contributed by atoms with Crippen molar-refractivity contribution in [3.8, 4) is 23.3 Å². The second-order valence-electron chi connectivity index (χ2n) is 9.39. The number of carbonyl (C=O) groups excluding carboxylic acids is 1. The summed E-state index contributed by atoms with van der Waals surface area (Å²) in [6, 6.07) is 15.0. The fraction of sp³-hybridized carbons (Fsp3) is 0.250. The lowest BCUT2D eigenvalue weighted by molar-refractivity contribution is 0.102. The van der Waals surface area contributed by atoms with Crippen molar-refractivity contribution in [2.45, 2.75) is 45.6 Å². The Morgan fingerprint density at radius 2 is 1.85 bits per heavy atom. The molecular weight excluding hydrogens is 426 g/mol. The van der Waals surface area contributed by atoms with Gasteiger partial charge >= 0.3 is 0 Å². The minimum Gasteiger partial charge on any atom is -0.487 e. The van der Waals surface area contributed by atoms with Gasteiger partial charge in [0.1, 0.15) is 5.75 Å². The monoisotopic (exact) mass is 451 g/mol. The molecule has 2 aliphatic rings. The first kappa shape index (κ1) is 21.7. The average molecular weight is 452 g/mol. The predicted molar refractivity (Wildman–Crippen MR) is 129 cm³/mol. The Bertz CT molecular complexity index is 1380. The van der Waals surface area contributed by atoms with E-state index in [0.29, 0.717) is 34.8 Å². The zero-order valence-corrected chi connectivity index (χ0v) is 19.6. The molecule has 6 nitrogen and oxygen atoms in total. The highest BCUT2D eigenvalue weighted by molar-refractivity contribution is 6.13. The number of ketones is 1. The average Bonchev–Trinajstić information content (AvgIpc) is 2.82. The van der Waals surface area contributed by atoms with Crippen molar-refractivity contribution in [3.05, 3.63) is 88.4 Å². The molecule has 0 bridgehead atoms. The van der Waals surface area contributed by atoms with Crippen molar-refractivity contribution < 1.29 is 14.3 Å². The fourth-order valence-corrected chi connectivity index (χ4v) is 4.65. The standard InChI is InChI=1S/C28H25N3O3/c1-16(2)33-24-13-20-22(14-25(24)34-19-7-9-30-10-8-19)28(3,4)27-21(26(20)32)12-18-6-5-17(15-29)11-23(18)31-27/h5-11,13-14,16,31H,12H2,1-4H3. The van der Waals surface area contributed by atoms with Crippen molar-refractivity contribution in [1.82, 2.24) is 4.98 Å². The zero-order valence-electron chi connectivity index (χ0n) is 19.6. The minimum absolute atomic E-state index is 0.0177. The molecule has 0 spiro atoms. The Morgan fingerprint density at radius 3 is 2.56 bits per heavy atom. The lowest BCUT2D eigenvalue weighted by atomic mass is 9.69. The van der Waals surface area contributed by atoms with Crippen LogP contribution in [0.2, 0.25) is 0 Å². The predicted octanol–water partition coefficient (Wildman–Crippen LogP) is 5.93. The van der Waals surface area contributed by atoms with Crippen LogP contribution in [0.1, 0.15) is 54.7 Å². The Hall–Kier alpha value is -4.11. The van der Waals surface area contributed by atoms with Gasteiger partial charge in [0.2, 0.25) is 0 Å². The number of rotatable bonds is 4. The molecule has 34 heavy (non-hydrogen) atoms. The van der Waals surface area contributed by atoms with Gasteiger partial charge in [0.25, 0.3) is 0 Å². The van der Waals surface area contributed by atoms with E-state index in [0.717, 1.165) is 28.1 Å². The molecule has 1 aliphatic carbocycles. The van der Waals surface area contributed by atoms with Crippen LogP contribution in [-0.4, -0.2) is 16.9 Å². The van der Waals surface area contributed by atoms with Crippen LogP contribution in [0, 0.1) is 11.3 Å². The molecule has 0 fully saturated rings. The molecular formula is C28H25N3O3. The number of nitriles is 1. The Morgan fingerprint density at radius 1 is 1.09 bits per heavy atom. The lowest BCUT2D eigenvalue weighted by Crippen LogP contribution is -2.37. The summed E-state index contributed by atoms with van der Waals surface area (Å²) in [5.74, 6) is 1.70. The Labute approximate surface area is 198 Å². The van der Waals surface area contributed by atoms with Crippen molar-refractivity contribution >= 4 is 11.5 Å². The largest absolute Gasteiger partial charge is 0.487 e. The number of hydrogen-bond donors (Lipinski definition) is 1. The van der Waals surface area contributed by atoms with E-state index < -0.39 is 5.41 Å². The molecule has 1 aromatic heterocycles. The molecule has 0 unspecified atom stereocenters. The number of Topliss-reactive ketones (excluding diaryl/α,β-unsaturated/α-hetero) is 1. The first-order chi connectivity index (χ1) is 16.3. The Kier molecular flexibility index (Phi) is 5.13. The summed E-state index contributed by atoms with van der Waals surface area (Å²) >= 11 is 0. The van der Waals surface area contributed by atoms with Crippen LogP contribution in [-0.2, 0) is 11.8 Å². The summed E-state index contributed by atoms with van der Waals surface area (Å²) in [7, 11) is 0. The molecule has 1 N–H and O–H groups in total. The number of nitrogens with zero attached hydrogens (tertiary/aromatic N) is 2. The molecule has 6 heteroatoms. The fourth-order valence-electron chi connectivity index (χ4n) is 4.65. The van der Waals surface area contributed by atoms with Crippen molar-refractivity contribution in [2.24, 2.45) is 0 Å². The van der Waals surface area contributed by atoms with Crippen LogP contribution < -0.4 is 14.8 Å². The summed E-state index contributed by atoms with van der Waals surface area (Å²) in [4.78, 5) is 17.8. The maximum atomic E-state index is 13.7. The van der Waals surface area contributed by atoms with E-state index in [9.17, 15) is 10.1 Å². The third kappa shape index (κ3) is 3.60. The number of nitrogens with one attached hydrogen (secondary N) is 1. The normalized spacial score (nSPS) is 15.6. The maximum absolute atomic E-state index is 13.7. The molecule has 0 saturated heterocycles. The number of anilines is 1. The first-order valence-electron chi connectivity index (χ1n) is 11.3. The second-order valence-corrected chi connectivity index (χ2v) is 9.39. The molecule has 1 aliphatic heterocycles. The van der Waals surface area contributed by atoms with E-state index in [2.05, 4.69) is 30.2 Å². The third-order valence-corrected chi connectivity index (χ3v) is 6.31. The van der Waals surface area contributed by atoms with Crippen LogP contribution in [0.15, 0.2) is 66.1 Å². The van der Waals surface area contributed by atoms with Crippen LogP contribution in [0.4, 0.5) is 5.69 Å². The quantitative estimate of drug-likeness (QED) is 0.529. The first-order valence-corrected chi connectivity index (χ1v) is 11.3. The molecule has 0 radical (unpaired) electrons. The molecule has 170 valence electrons. The van der Waals surface area contributed by atoms with Crippen LogP contribution in [0.5, 0.6) is 17.2 Å². The van der Waals surface area contributed by atoms with Gasteiger partial charge in [-0.15, -0.1) is 0 Å². The zero-order chi connectivity index (χ0) is 24.0. The summed E-state index contributed by atoms with van der Waals surface area (Å²) in [6.45, 7) is 8.08. The highest BCUT2D eigenvalue weighted by atomic mass is 16.5. The number of carbonyl (C=O) groups is 1.